The number of benzene rings is 2. The Morgan fingerprint density at radius 2 is 1.75 bits per heavy atom. The first-order chi connectivity index (χ1) is 13.5. The van der Waals surface area contributed by atoms with Crippen molar-refractivity contribution in [3.05, 3.63) is 69.8 Å². The highest BCUT2D eigenvalue weighted by molar-refractivity contribution is 5.96. The highest BCUT2D eigenvalue weighted by Crippen LogP contribution is 2.32. The summed E-state index contributed by atoms with van der Waals surface area (Å²) in [5, 5.41) is 2.83. The van der Waals surface area contributed by atoms with Crippen molar-refractivity contribution in [2.45, 2.75) is 52.0 Å². The minimum absolute atomic E-state index is 0.00355. The van der Waals surface area contributed by atoms with Crippen LogP contribution >= 0.6 is 0 Å². The summed E-state index contributed by atoms with van der Waals surface area (Å²) in [4.78, 5) is 27.3. The molecule has 28 heavy (non-hydrogen) atoms. The predicted octanol–water partition coefficient (Wildman–Crippen LogP) is 3.89. The van der Waals surface area contributed by atoms with Crippen molar-refractivity contribution in [1.82, 2.24) is 10.2 Å². The van der Waals surface area contributed by atoms with E-state index in [1.165, 1.54) is 27.8 Å². The molecule has 1 unspecified atom stereocenters. The quantitative estimate of drug-likeness (QED) is 0.880. The molecule has 1 aliphatic heterocycles. The van der Waals surface area contributed by atoms with Crippen LogP contribution in [0.1, 0.15) is 63.5 Å². The lowest BCUT2D eigenvalue weighted by Gasteiger charge is -2.26. The van der Waals surface area contributed by atoms with Crippen LogP contribution in [0.5, 0.6) is 0 Å². The van der Waals surface area contributed by atoms with Gasteiger partial charge in [0.1, 0.15) is 0 Å². The highest BCUT2D eigenvalue weighted by atomic mass is 16.2. The van der Waals surface area contributed by atoms with E-state index in [0.29, 0.717) is 5.56 Å². The van der Waals surface area contributed by atoms with Gasteiger partial charge in [0.2, 0.25) is 5.91 Å². The fourth-order valence-electron chi connectivity index (χ4n) is 4.69. The van der Waals surface area contributed by atoms with Crippen LogP contribution in [-0.4, -0.2) is 29.8 Å². The highest BCUT2D eigenvalue weighted by Gasteiger charge is 2.30. The lowest BCUT2D eigenvalue weighted by molar-refractivity contribution is -0.131. The van der Waals surface area contributed by atoms with E-state index < -0.39 is 0 Å². The molecule has 0 saturated carbocycles. The molecule has 0 bridgehead atoms. The number of rotatable bonds is 4. The molecule has 2 aliphatic rings. The Kier molecular flexibility index (Phi) is 5.21. The first-order valence-corrected chi connectivity index (χ1v) is 10.3. The van der Waals surface area contributed by atoms with Gasteiger partial charge in [-0.25, -0.2) is 0 Å². The Labute approximate surface area is 166 Å². The Morgan fingerprint density at radius 1 is 1.00 bits per heavy atom. The Bertz CT molecular complexity index is 899. The fourth-order valence-corrected chi connectivity index (χ4v) is 4.69. The molecule has 0 radical (unpaired) electrons. The second-order valence-electron chi connectivity index (χ2n) is 8.19. The van der Waals surface area contributed by atoms with Gasteiger partial charge >= 0.3 is 0 Å². The maximum atomic E-state index is 12.8. The summed E-state index contributed by atoms with van der Waals surface area (Å²) in [6, 6.07) is 12.5. The van der Waals surface area contributed by atoms with Gasteiger partial charge in [0.25, 0.3) is 5.91 Å². The normalized spacial score (nSPS) is 18.2. The van der Waals surface area contributed by atoms with Crippen LogP contribution in [0, 0.1) is 13.8 Å². The molecule has 2 aromatic carbocycles. The predicted molar refractivity (Wildman–Crippen MR) is 110 cm³/mol. The molecular weight excluding hydrogens is 348 g/mol. The molecule has 4 heteroatoms. The molecular formula is C24H28N2O2. The summed E-state index contributed by atoms with van der Waals surface area (Å²) < 4.78 is 0. The zero-order valence-electron chi connectivity index (χ0n) is 16.8. The summed E-state index contributed by atoms with van der Waals surface area (Å²) >= 11 is 0. The van der Waals surface area contributed by atoms with Gasteiger partial charge < -0.3 is 10.2 Å². The van der Waals surface area contributed by atoms with Crippen molar-refractivity contribution < 1.29 is 9.59 Å². The molecule has 1 N–H and O–H groups in total. The molecule has 0 spiro atoms. The number of hydrogen-bond donors (Lipinski definition) is 1. The summed E-state index contributed by atoms with van der Waals surface area (Å²) in [6.07, 6.45) is 5.29. The summed E-state index contributed by atoms with van der Waals surface area (Å²) in [5.74, 6) is -0.165. The number of aryl methyl sites for hydroxylation is 4. The lowest BCUT2D eigenvalue weighted by atomic mass is 9.99. The van der Waals surface area contributed by atoms with Crippen molar-refractivity contribution >= 4 is 11.8 Å². The van der Waals surface area contributed by atoms with E-state index in [0.717, 1.165) is 38.6 Å². The van der Waals surface area contributed by atoms with Crippen LogP contribution in [0.4, 0.5) is 0 Å². The van der Waals surface area contributed by atoms with Crippen LogP contribution < -0.4 is 5.32 Å². The molecule has 2 amide bonds. The summed E-state index contributed by atoms with van der Waals surface area (Å²) in [6.45, 7) is 4.99. The summed E-state index contributed by atoms with van der Waals surface area (Å²) in [7, 11) is 0. The first kappa shape index (κ1) is 18.7. The number of carbonyl (C=O) groups excluding carboxylic acids is 2. The Hall–Kier alpha value is -2.62. The maximum absolute atomic E-state index is 12.8. The van der Waals surface area contributed by atoms with Crippen molar-refractivity contribution in [2.24, 2.45) is 0 Å². The minimum Gasteiger partial charge on any atom is -0.343 e. The third-order valence-corrected chi connectivity index (χ3v) is 5.96. The van der Waals surface area contributed by atoms with Gasteiger partial charge in [-0.15, -0.1) is 0 Å². The average Bonchev–Trinajstić information content (AvgIpc) is 3.33. The van der Waals surface area contributed by atoms with Gasteiger partial charge in [0, 0.05) is 12.1 Å². The van der Waals surface area contributed by atoms with E-state index in [-0.39, 0.29) is 24.4 Å². The second-order valence-corrected chi connectivity index (χ2v) is 8.19. The third kappa shape index (κ3) is 3.82. The minimum atomic E-state index is -0.162. The lowest BCUT2D eigenvalue weighted by Crippen LogP contribution is -2.39. The largest absolute Gasteiger partial charge is 0.343 e. The number of likely N-dealkylation sites (tertiary alicyclic amines) is 1. The third-order valence-electron chi connectivity index (χ3n) is 5.96. The van der Waals surface area contributed by atoms with Crippen LogP contribution in [-0.2, 0) is 17.6 Å². The molecule has 1 fully saturated rings. The van der Waals surface area contributed by atoms with E-state index in [1.807, 2.05) is 17.0 Å². The van der Waals surface area contributed by atoms with Crippen LogP contribution in [0.3, 0.4) is 0 Å². The molecule has 1 heterocycles. The molecule has 146 valence electrons. The SMILES string of the molecule is Cc1cc(C)cc(C2CCCN2C(=O)CNC(=O)c2ccc3c(c2)CCC3)c1. The van der Waals surface area contributed by atoms with Gasteiger partial charge in [0.15, 0.2) is 0 Å². The zero-order chi connectivity index (χ0) is 19.7. The second kappa shape index (κ2) is 7.78. The van der Waals surface area contributed by atoms with E-state index >= 15 is 0 Å². The first-order valence-electron chi connectivity index (χ1n) is 10.3. The molecule has 4 rings (SSSR count). The molecule has 4 nitrogen and oxygen atoms in total. The smallest absolute Gasteiger partial charge is 0.251 e. The molecule has 0 aromatic heterocycles. The number of nitrogens with one attached hydrogen (secondary N) is 1. The van der Waals surface area contributed by atoms with Crippen molar-refractivity contribution in [3.8, 4) is 0 Å². The van der Waals surface area contributed by atoms with Gasteiger partial charge in [-0.3, -0.25) is 9.59 Å². The van der Waals surface area contributed by atoms with Crippen LogP contribution in [0.2, 0.25) is 0 Å². The van der Waals surface area contributed by atoms with Crippen molar-refractivity contribution in [3.63, 3.8) is 0 Å². The molecule has 1 aliphatic carbocycles. The molecule has 1 atom stereocenters. The monoisotopic (exact) mass is 376 g/mol. The zero-order valence-corrected chi connectivity index (χ0v) is 16.8. The maximum Gasteiger partial charge on any atom is 0.251 e. The van der Waals surface area contributed by atoms with E-state index in [4.69, 9.17) is 0 Å². The average molecular weight is 377 g/mol. The van der Waals surface area contributed by atoms with Gasteiger partial charge in [0.05, 0.1) is 12.6 Å². The van der Waals surface area contributed by atoms with E-state index in [2.05, 4.69) is 43.4 Å². The van der Waals surface area contributed by atoms with Crippen molar-refractivity contribution in [2.75, 3.05) is 13.1 Å². The number of nitrogens with zero attached hydrogens (tertiary/aromatic N) is 1. The number of fused-ring (bicyclic) bond motifs is 1. The van der Waals surface area contributed by atoms with Crippen LogP contribution in [0.25, 0.3) is 0 Å². The Morgan fingerprint density at radius 3 is 2.54 bits per heavy atom. The fraction of sp³-hybridized carbons (Fsp3) is 0.417. The topological polar surface area (TPSA) is 49.4 Å². The molecule has 1 saturated heterocycles. The number of amides is 2. The van der Waals surface area contributed by atoms with Gasteiger partial charge in [-0.05, 0) is 74.8 Å². The van der Waals surface area contributed by atoms with E-state index in [1.54, 1.807) is 0 Å². The van der Waals surface area contributed by atoms with Gasteiger partial charge in [-0.2, -0.15) is 0 Å². The number of hydrogen-bond acceptors (Lipinski definition) is 2. The number of carbonyl (C=O) groups is 2. The molecule has 2 aromatic rings. The van der Waals surface area contributed by atoms with Crippen molar-refractivity contribution in [1.29, 1.82) is 0 Å². The summed E-state index contributed by atoms with van der Waals surface area (Å²) in [5.41, 5.74) is 6.92. The van der Waals surface area contributed by atoms with E-state index in [9.17, 15) is 9.59 Å². The van der Waals surface area contributed by atoms with Crippen LogP contribution in [0.15, 0.2) is 36.4 Å². The standard InChI is InChI=1S/C24H28N2O2/c1-16-11-17(2)13-21(12-16)22-7-4-10-26(22)23(27)15-25-24(28)20-9-8-18-5-3-6-19(18)14-20/h8-9,11-14,22H,3-7,10,15H2,1-2H3,(H,25,28). The van der Waals surface area contributed by atoms with Gasteiger partial charge in [-0.1, -0.05) is 35.4 Å². The Balaban J connectivity index is 1.40.